The first-order chi connectivity index (χ1) is 14.3. The Kier molecular flexibility index (Phi) is 4.25. The molecule has 0 radical (unpaired) electrons. The Morgan fingerprint density at radius 2 is 1.60 bits per heavy atom. The van der Waals surface area contributed by atoms with E-state index >= 15 is 0 Å². The number of allylic oxidation sites excluding steroid dienone is 1. The van der Waals surface area contributed by atoms with E-state index in [-0.39, 0.29) is 16.7 Å². The van der Waals surface area contributed by atoms with Crippen molar-refractivity contribution in [2.75, 3.05) is 26.4 Å². The van der Waals surface area contributed by atoms with Gasteiger partial charge in [-0.1, -0.05) is 25.5 Å². The number of hydrogen-bond acceptors (Lipinski definition) is 5. The fraction of sp³-hybridized carbons (Fsp3) is 0.880. The number of ether oxygens (including phenoxy) is 4. The van der Waals surface area contributed by atoms with Crippen LogP contribution in [0, 0.1) is 34.5 Å². The third-order valence-electron chi connectivity index (χ3n) is 10.1. The SMILES string of the molecule is CC1([C@@H]2CC[C@@H]3[C@H]4CC=C5CC6(CC[C@@]5(C)[C@@H]4C(=O)C[C@]32C)OCCO6)OCCO1. The lowest BCUT2D eigenvalue weighted by Gasteiger charge is -2.58. The zero-order valence-electron chi connectivity index (χ0n) is 18.7. The minimum Gasteiger partial charge on any atom is -0.348 e. The summed E-state index contributed by atoms with van der Waals surface area (Å²) in [5.41, 5.74) is 1.36. The predicted octanol–water partition coefficient (Wildman–Crippen LogP) is 4.25. The third kappa shape index (κ3) is 2.52. The molecule has 3 saturated carbocycles. The van der Waals surface area contributed by atoms with Crippen molar-refractivity contribution in [1.29, 1.82) is 0 Å². The van der Waals surface area contributed by atoms with Gasteiger partial charge in [0.1, 0.15) is 5.78 Å². The minimum absolute atomic E-state index is 0.0212. The maximum Gasteiger partial charge on any atom is 0.172 e. The van der Waals surface area contributed by atoms with Crippen LogP contribution in [0.15, 0.2) is 11.6 Å². The molecule has 2 saturated heterocycles. The molecule has 166 valence electrons. The van der Waals surface area contributed by atoms with Gasteiger partial charge in [-0.25, -0.2) is 0 Å². The smallest absolute Gasteiger partial charge is 0.172 e. The van der Waals surface area contributed by atoms with Crippen LogP contribution < -0.4 is 0 Å². The van der Waals surface area contributed by atoms with E-state index in [0.29, 0.717) is 56.4 Å². The summed E-state index contributed by atoms with van der Waals surface area (Å²) in [6.45, 7) is 9.55. The van der Waals surface area contributed by atoms with E-state index in [0.717, 1.165) is 32.1 Å². The van der Waals surface area contributed by atoms with Gasteiger partial charge in [0.05, 0.1) is 26.4 Å². The highest BCUT2D eigenvalue weighted by Crippen LogP contribution is 2.67. The zero-order valence-corrected chi connectivity index (χ0v) is 18.7. The number of carbonyl (C=O) groups excluding carboxylic acids is 1. The molecule has 4 aliphatic carbocycles. The second-order valence-electron chi connectivity index (χ2n) is 11.4. The van der Waals surface area contributed by atoms with E-state index in [1.54, 1.807) is 0 Å². The highest BCUT2D eigenvalue weighted by Gasteiger charge is 2.66. The Labute approximate surface area is 179 Å². The lowest BCUT2D eigenvalue weighted by atomic mass is 9.46. The lowest BCUT2D eigenvalue weighted by molar-refractivity contribution is -0.215. The van der Waals surface area contributed by atoms with E-state index in [2.05, 4.69) is 26.8 Å². The summed E-state index contributed by atoms with van der Waals surface area (Å²) < 4.78 is 24.3. The molecule has 0 amide bonds. The molecule has 30 heavy (non-hydrogen) atoms. The standard InChI is InChI=1S/C25H36O5/c1-22-8-9-25(29-12-13-30-25)14-16(22)4-5-17-18-6-7-20(24(3)27-10-11-28-24)23(18,2)15-19(26)21(17)22/h4,17-18,20-21H,5-15H2,1-3H3/t17-,18-,20-,21+,22-,23-/m1/s1. The Balaban J connectivity index is 1.33. The molecule has 0 aromatic carbocycles. The average molecular weight is 417 g/mol. The first kappa shape index (κ1) is 19.9. The van der Waals surface area contributed by atoms with Crippen molar-refractivity contribution in [1.82, 2.24) is 0 Å². The molecule has 0 unspecified atom stereocenters. The van der Waals surface area contributed by atoms with Gasteiger partial charge in [0.2, 0.25) is 0 Å². The molecule has 5 nitrogen and oxygen atoms in total. The van der Waals surface area contributed by atoms with Crippen molar-refractivity contribution in [2.45, 2.75) is 77.3 Å². The van der Waals surface area contributed by atoms with Crippen molar-refractivity contribution < 1.29 is 23.7 Å². The van der Waals surface area contributed by atoms with Gasteiger partial charge in [-0.3, -0.25) is 4.79 Å². The van der Waals surface area contributed by atoms with Gasteiger partial charge in [0.15, 0.2) is 11.6 Å². The Morgan fingerprint density at radius 1 is 0.900 bits per heavy atom. The van der Waals surface area contributed by atoms with E-state index in [4.69, 9.17) is 18.9 Å². The first-order valence-electron chi connectivity index (χ1n) is 12.1. The van der Waals surface area contributed by atoms with E-state index < -0.39 is 11.6 Å². The molecule has 0 aromatic rings. The molecule has 6 aliphatic rings. The van der Waals surface area contributed by atoms with Crippen LogP contribution in [0.2, 0.25) is 0 Å². The number of fused-ring (bicyclic) bond motifs is 5. The molecule has 0 bridgehead atoms. The first-order valence-corrected chi connectivity index (χ1v) is 12.1. The maximum absolute atomic E-state index is 13.8. The topological polar surface area (TPSA) is 54.0 Å². The molecule has 1 spiro atoms. The van der Waals surface area contributed by atoms with E-state index in [1.165, 1.54) is 12.0 Å². The molecule has 2 heterocycles. The summed E-state index contributed by atoms with van der Waals surface area (Å²) in [6.07, 6.45) is 9.17. The largest absolute Gasteiger partial charge is 0.348 e. The molecular formula is C25H36O5. The van der Waals surface area contributed by atoms with E-state index in [9.17, 15) is 4.79 Å². The second-order valence-corrected chi connectivity index (χ2v) is 11.4. The molecular weight excluding hydrogens is 380 g/mol. The van der Waals surface area contributed by atoms with Crippen molar-refractivity contribution in [3.05, 3.63) is 11.6 Å². The zero-order chi connectivity index (χ0) is 20.8. The summed E-state index contributed by atoms with van der Waals surface area (Å²) in [7, 11) is 0. The van der Waals surface area contributed by atoms with Gasteiger partial charge in [0, 0.05) is 31.1 Å². The second kappa shape index (κ2) is 6.40. The molecule has 6 rings (SSSR count). The summed E-state index contributed by atoms with van der Waals surface area (Å²) in [5.74, 6) is 0.990. The molecule has 6 atom stereocenters. The van der Waals surface area contributed by atoms with Crippen LogP contribution in [-0.2, 0) is 23.7 Å². The van der Waals surface area contributed by atoms with Crippen molar-refractivity contribution in [3.8, 4) is 0 Å². The Morgan fingerprint density at radius 3 is 2.33 bits per heavy atom. The Bertz CT molecular complexity index is 776. The predicted molar refractivity (Wildman–Crippen MR) is 111 cm³/mol. The normalized spacial score (nSPS) is 48.9. The van der Waals surface area contributed by atoms with Crippen LogP contribution in [0.1, 0.15) is 65.7 Å². The van der Waals surface area contributed by atoms with Crippen molar-refractivity contribution in [3.63, 3.8) is 0 Å². The van der Waals surface area contributed by atoms with Crippen LogP contribution in [0.3, 0.4) is 0 Å². The minimum atomic E-state index is -0.523. The fourth-order valence-electron chi connectivity index (χ4n) is 8.77. The van der Waals surface area contributed by atoms with Gasteiger partial charge < -0.3 is 18.9 Å². The highest BCUT2D eigenvalue weighted by atomic mass is 16.7. The molecule has 5 fully saturated rings. The number of hydrogen-bond donors (Lipinski definition) is 0. The molecule has 0 N–H and O–H groups in total. The van der Waals surface area contributed by atoms with Gasteiger partial charge in [-0.15, -0.1) is 0 Å². The van der Waals surface area contributed by atoms with Crippen LogP contribution in [-0.4, -0.2) is 43.8 Å². The summed E-state index contributed by atoms with van der Waals surface area (Å²) in [6, 6.07) is 0. The quantitative estimate of drug-likeness (QED) is 0.598. The average Bonchev–Trinajstić information content (AvgIpc) is 3.41. The van der Waals surface area contributed by atoms with Crippen LogP contribution in [0.5, 0.6) is 0 Å². The fourth-order valence-corrected chi connectivity index (χ4v) is 8.77. The maximum atomic E-state index is 13.8. The summed E-state index contributed by atoms with van der Waals surface area (Å²) >= 11 is 0. The lowest BCUT2D eigenvalue weighted by Crippen LogP contribution is -2.57. The van der Waals surface area contributed by atoms with Crippen LogP contribution >= 0.6 is 0 Å². The van der Waals surface area contributed by atoms with Gasteiger partial charge in [-0.2, -0.15) is 0 Å². The highest BCUT2D eigenvalue weighted by molar-refractivity contribution is 5.85. The van der Waals surface area contributed by atoms with Gasteiger partial charge in [0.25, 0.3) is 0 Å². The van der Waals surface area contributed by atoms with E-state index in [1.807, 2.05) is 0 Å². The molecule has 0 aromatic heterocycles. The number of carbonyl (C=O) groups is 1. The van der Waals surface area contributed by atoms with Crippen LogP contribution in [0.25, 0.3) is 0 Å². The summed E-state index contributed by atoms with van der Waals surface area (Å²) in [4.78, 5) is 13.8. The van der Waals surface area contributed by atoms with Gasteiger partial charge >= 0.3 is 0 Å². The number of Topliss-reactive ketones (excluding diaryl/α,β-unsaturated/α-hetero) is 1. The third-order valence-corrected chi connectivity index (χ3v) is 10.1. The number of rotatable bonds is 1. The van der Waals surface area contributed by atoms with Crippen molar-refractivity contribution in [2.24, 2.45) is 34.5 Å². The Hall–Kier alpha value is -0.750. The van der Waals surface area contributed by atoms with Crippen molar-refractivity contribution >= 4 is 5.78 Å². The molecule has 2 aliphatic heterocycles. The molecule has 5 heteroatoms. The monoisotopic (exact) mass is 416 g/mol. The summed E-state index contributed by atoms with van der Waals surface area (Å²) in [5, 5.41) is 0. The van der Waals surface area contributed by atoms with Crippen LogP contribution in [0.4, 0.5) is 0 Å². The van der Waals surface area contributed by atoms with Gasteiger partial charge in [-0.05, 0) is 55.3 Å². The number of ketones is 1.